The number of hydrogen-bond donors (Lipinski definition) is 0. The molecule has 0 saturated carbocycles. The lowest BCUT2D eigenvalue weighted by Crippen LogP contribution is -2.51. The Kier molecular flexibility index (Phi) is 14.0. The van der Waals surface area contributed by atoms with Crippen molar-refractivity contribution in [1.82, 2.24) is 0 Å². The maximum atomic E-state index is 15.3. The van der Waals surface area contributed by atoms with Crippen molar-refractivity contribution >= 4 is 93.0 Å². The molecule has 0 bridgehead atoms. The first-order chi connectivity index (χ1) is 42.9. The number of fused-ring (bicyclic) bond motifs is 9. The summed E-state index contributed by atoms with van der Waals surface area (Å²) in [7, 11) is 0. The van der Waals surface area contributed by atoms with E-state index in [0.717, 1.165) is 22.7 Å². The van der Waals surface area contributed by atoms with Gasteiger partial charge in [0.25, 0.3) is 0 Å². The molecule has 430 valence electrons. The molecule has 8 aromatic rings. The number of rotatable bonds is 14. The zero-order chi connectivity index (χ0) is 60.3. The highest BCUT2D eigenvalue weighted by Gasteiger charge is 2.62. The Labute approximate surface area is 510 Å². The van der Waals surface area contributed by atoms with Gasteiger partial charge in [0.1, 0.15) is 37.9 Å². The van der Waals surface area contributed by atoms with Crippen LogP contribution in [0.4, 0.5) is 0 Å². The summed E-state index contributed by atoms with van der Waals surface area (Å²) in [4.78, 5) is 118. The van der Waals surface area contributed by atoms with Crippen molar-refractivity contribution in [3.05, 3.63) is 304 Å². The Morgan fingerprint density at radius 3 is 0.943 bits per heavy atom. The van der Waals surface area contributed by atoms with Crippen molar-refractivity contribution in [2.75, 3.05) is 0 Å². The molecule has 14 rings (SSSR count). The standard InChI is InChI=1S/C72H46O14S2/c73-61-49-25-13-14-26-50(49)62(74)55(61)33-47-35-57-65(87-47)53-29-46-32-60-54(30-45(46)31-59(53)85-71(57,67(77)81-37-41-17-5-1-6-18-41)68(78)82-38-42-19-7-2-8-20-42)66-58(36-48(88-66)34-56-63(75)51-27-15-16-28-52(51)64(56)76)72(86-60,69(79)83-39-43-21-9-3-10-22-43)70(80)84-40-44-23-11-4-12-24-44/h1-36,45-46H,37-40H2. The van der Waals surface area contributed by atoms with Crippen LogP contribution < -0.4 is 0 Å². The number of carbonyl (C=O) groups is 8. The predicted octanol–water partition coefficient (Wildman–Crippen LogP) is 12.7. The third-order valence-electron chi connectivity index (χ3n) is 16.0. The molecular formula is C72H46O14S2. The zero-order valence-electron chi connectivity index (χ0n) is 46.3. The maximum Gasteiger partial charge on any atom is 0.367 e. The molecule has 4 heterocycles. The van der Waals surface area contributed by atoms with Gasteiger partial charge in [0.15, 0.2) is 23.1 Å². The number of ether oxygens (including phenoxy) is 6. The molecule has 0 radical (unpaired) electrons. The molecule has 0 saturated heterocycles. The first kappa shape index (κ1) is 55.2. The Hall–Kier alpha value is -10.7. The van der Waals surface area contributed by atoms with Crippen molar-refractivity contribution in [2.24, 2.45) is 11.8 Å². The average molecular weight is 1200 g/mol. The van der Waals surface area contributed by atoms with Crippen LogP contribution in [0.5, 0.6) is 0 Å². The molecule has 4 aliphatic carbocycles. The largest absolute Gasteiger partial charge is 0.459 e. The van der Waals surface area contributed by atoms with E-state index in [9.17, 15) is 19.2 Å². The summed E-state index contributed by atoms with van der Waals surface area (Å²) >= 11 is 2.22. The molecule has 6 aliphatic rings. The van der Waals surface area contributed by atoms with Gasteiger partial charge in [-0.3, -0.25) is 19.2 Å². The van der Waals surface area contributed by atoms with E-state index in [1.54, 1.807) is 158 Å². The lowest BCUT2D eigenvalue weighted by molar-refractivity contribution is -0.191. The molecule has 2 aromatic heterocycles. The fourth-order valence-electron chi connectivity index (χ4n) is 11.7. The molecule has 0 N–H and O–H groups in total. The molecule has 2 aliphatic heterocycles. The Balaban J connectivity index is 0.921. The lowest BCUT2D eigenvalue weighted by atomic mass is 9.75. The number of allylic oxidation sites excluding steroid dienone is 8. The van der Waals surface area contributed by atoms with E-state index < -0.39 is 70.0 Å². The van der Waals surface area contributed by atoms with Gasteiger partial charge in [0, 0.05) is 75.9 Å². The predicted molar refractivity (Wildman–Crippen MR) is 324 cm³/mol. The summed E-state index contributed by atoms with van der Waals surface area (Å²) in [6, 6.07) is 51.7. The van der Waals surface area contributed by atoms with Crippen LogP contribution in [0.1, 0.15) is 94.3 Å². The van der Waals surface area contributed by atoms with E-state index in [-0.39, 0.29) is 82.5 Å². The fraction of sp³-hybridized carbons (Fsp3) is 0.111. The molecule has 0 fully saturated rings. The van der Waals surface area contributed by atoms with E-state index in [0.29, 0.717) is 52.9 Å². The molecule has 2 atom stereocenters. The average Bonchev–Trinajstić information content (AvgIpc) is 1.34. The lowest BCUT2D eigenvalue weighted by Gasteiger charge is -2.41. The summed E-state index contributed by atoms with van der Waals surface area (Å²) < 4.78 is 38.0. The van der Waals surface area contributed by atoms with Gasteiger partial charge in [0.2, 0.25) is 0 Å². The smallest absolute Gasteiger partial charge is 0.367 e. The van der Waals surface area contributed by atoms with E-state index in [2.05, 4.69) is 0 Å². The van der Waals surface area contributed by atoms with E-state index in [1.165, 1.54) is 24.3 Å². The van der Waals surface area contributed by atoms with Crippen LogP contribution in [0.2, 0.25) is 0 Å². The van der Waals surface area contributed by atoms with E-state index >= 15 is 19.2 Å². The minimum atomic E-state index is -2.62. The molecule has 6 aromatic carbocycles. The van der Waals surface area contributed by atoms with Gasteiger partial charge in [-0.2, -0.15) is 0 Å². The maximum absolute atomic E-state index is 15.3. The normalized spacial score (nSPS) is 17.7. The van der Waals surface area contributed by atoms with Crippen LogP contribution in [0, 0.1) is 11.8 Å². The second-order valence-corrected chi connectivity index (χ2v) is 23.7. The van der Waals surface area contributed by atoms with Crippen LogP contribution in [0.25, 0.3) is 23.3 Å². The molecule has 2 unspecified atom stereocenters. The van der Waals surface area contributed by atoms with Crippen molar-refractivity contribution < 1.29 is 66.8 Å². The van der Waals surface area contributed by atoms with Crippen molar-refractivity contribution in [3.8, 4) is 0 Å². The van der Waals surface area contributed by atoms with Gasteiger partial charge in [-0.05, 0) is 58.7 Å². The number of Topliss-reactive ketones (excluding diaryl/α,β-unsaturated/α-hetero) is 4. The van der Waals surface area contributed by atoms with Gasteiger partial charge >= 0.3 is 35.1 Å². The monoisotopic (exact) mass is 1200 g/mol. The number of ketones is 4. The topological polar surface area (TPSA) is 192 Å². The molecule has 88 heavy (non-hydrogen) atoms. The van der Waals surface area contributed by atoms with Crippen molar-refractivity contribution in [3.63, 3.8) is 0 Å². The van der Waals surface area contributed by atoms with Crippen LogP contribution in [0.15, 0.2) is 229 Å². The number of carbonyl (C=O) groups excluding carboxylic acids is 8. The van der Waals surface area contributed by atoms with Crippen LogP contribution >= 0.6 is 22.7 Å². The molecule has 14 nitrogen and oxygen atoms in total. The minimum Gasteiger partial charge on any atom is -0.459 e. The summed E-state index contributed by atoms with van der Waals surface area (Å²) in [5.41, 5.74) is -1.13. The highest BCUT2D eigenvalue weighted by Crippen LogP contribution is 2.56. The Morgan fingerprint density at radius 2 is 0.659 bits per heavy atom. The molecular weight excluding hydrogens is 1150 g/mol. The van der Waals surface area contributed by atoms with Crippen LogP contribution in [-0.4, -0.2) is 47.0 Å². The van der Waals surface area contributed by atoms with E-state index in [4.69, 9.17) is 28.4 Å². The SMILES string of the molecule is O=C1C(=Cc2cc3c(s2)C2=CC4C=C5OC(C(=O)OCc6ccccc6)(C(=O)OCc6ccccc6)c6cc(C=C7C(=O)c8ccccc8C7=O)sc6C5=CC4C=C2OC3(C(=O)OCc2ccccc2)C(=O)OCc2ccccc2)C(=O)c2ccccc21. The first-order valence-corrected chi connectivity index (χ1v) is 29.7. The Bertz CT molecular complexity index is 4030. The number of hydrogen-bond acceptors (Lipinski definition) is 16. The van der Waals surface area contributed by atoms with Crippen LogP contribution in [0.3, 0.4) is 0 Å². The van der Waals surface area contributed by atoms with Gasteiger partial charge in [-0.15, -0.1) is 22.7 Å². The summed E-state index contributed by atoms with van der Waals surface area (Å²) in [5.74, 6) is -7.46. The highest BCUT2D eigenvalue weighted by molar-refractivity contribution is 7.14. The number of benzene rings is 6. The van der Waals surface area contributed by atoms with Crippen LogP contribution in [-0.2, 0) is 85.2 Å². The summed E-state index contributed by atoms with van der Waals surface area (Å²) in [6.07, 6.45) is 10.1. The second-order valence-electron chi connectivity index (χ2n) is 21.5. The number of esters is 4. The second kappa shape index (κ2) is 22.3. The quantitative estimate of drug-likeness (QED) is 0.0328. The summed E-state index contributed by atoms with van der Waals surface area (Å²) in [6.45, 7) is -1.01. The first-order valence-electron chi connectivity index (χ1n) is 28.1. The van der Waals surface area contributed by atoms with Gasteiger partial charge in [0.05, 0.1) is 11.1 Å². The van der Waals surface area contributed by atoms with Gasteiger partial charge in [-0.1, -0.05) is 182 Å². The number of thiophene rings is 2. The van der Waals surface area contributed by atoms with Crippen molar-refractivity contribution in [2.45, 2.75) is 37.6 Å². The molecule has 16 heteroatoms. The Morgan fingerprint density at radius 1 is 0.386 bits per heavy atom. The minimum absolute atomic E-state index is 0.0277. The van der Waals surface area contributed by atoms with E-state index in [1.807, 2.05) is 36.4 Å². The van der Waals surface area contributed by atoms with Gasteiger partial charge < -0.3 is 28.4 Å². The molecule has 0 amide bonds. The zero-order valence-corrected chi connectivity index (χ0v) is 47.9. The fourth-order valence-corrected chi connectivity index (χ4v) is 14.0. The third kappa shape index (κ3) is 9.50. The molecule has 0 spiro atoms. The summed E-state index contributed by atoms with van der Waals surface area (Å²) in [5, 5.41) is 0. The van der Waals surface area contributed by atoms with Gasteiger partial charge in [-0.25, -0.2) is 19.2 Å². The highest BCUT2D eigenvalue weighted by atomic mass is 32.1. The third-order valence-corrected chi connectivity index (χ3v) is 18.3. The van der Waals surface area contributed by atoms with Crippen molar-refractivity contribution in [1.29, 1.82) is 0 Å².